The molecule has 1 aliphatic heterocycles. The molecule has 0 spiro atoms. The highest BCUT2D eigenvalue weighted by molar-refractivity contribution is 7.19. The van der Waals surface area contributed by atoms with Crippen LogP contribution in [0.3, 0.4) is 0 Å². The molecule has 146 valence electrons. The van der Waals surface area contributed by atoms with Crippen molar-refractivity contribution in [3.63, 3.8) is 0 Å². The molecule has 6 nitrogen and oxygen atoms in total. The number of fused-ring (bicyclic) bond motifs is 3. The van der Waals surface area contributed by atoms with Crippen molar-refractivity contribution in [1.82, 2.24) is 19.8 Å². The molecule has 3 heterocycles. The summed E-state index contributed by atoms with van der Waals surface area (Å²) in [5.41, 5.74) is 1.50. The Balaban J connectivity index is 1.59. The predicted molar refractivity (Wildman–Crippen MR) is 111 cm³/mol. The number of urea groups is 1. The summed E-state index contributed by atoms with van der Waals surface area (Å²) < 4.78 is 0. The second-order valence-corrected chi connectivity index (χ2v) is 9.08. The van der Waals surface area contributed by atoms with E-state index >= 15 is 0 Å². The molecule has 0 saturated carbocycles. The summed E-state index contributed by atoms with van der Waals surface area (Å²) in [5, 5.41) is 1.30. The molecule has 0 atom stereocenters. The Morgan fingerprint density at radius 1 is 1.11 bits per heavy atom. The van der Waals surface area contributed by atoms with E-state index in [0.29, 0.717) is 6.04 Å². The minimum absolute atomic E-state index is 0.0839. The van der Waals surface area contributed by atoms with Gasteiger partial charge in [-0.1, -0.05) is 0 Å². The number of nitrogens with zero attached hydrogens (tertiary/aromatic N) is 5. The summed E-state index contributed by atoms with van der Waals surface area (Å²) in [6.45, 7) is 3.87. The van der Waals surface area contributed by atoms with E-state index in [2.05, 4.69) is 4.90 Å². The molecule has 4 rings (SSSR count). The van der Waals surface area contributed by atoms with Crippen molar-refractivity contribution >= 4 is 33.4 Å². The molecule has 1 aliphatic carbocycles. The topological polar surface area (TPSA) is 52.6 Å². The number of aryl methyl sites for hydroxylation is 3. The van der Waals surface area contributed by atoms with Gasteiger partial charge in [0.25, 0.3) is 0 Å². The summed E-state index contributed by atoms with van der Waals surface area (Å²) in [6, 6.07) is 0.381. The second-order valence-electron chi connectivity index (χ2n) is 7.99. The first-order chi connectivity index (χ1) is 13.0. The number of amides is 2. The normalized spacial score (nSPS) is 17.9. The van der Waals surface area contributed by atoms with Crippen LogP contribution in [0.1, 0.15) is 41.9 Å². The lowest BCUT2D eigenvalue weighted by atomic mass is 9.96. The largest absolute Gasteiger partial charge is 0.356 e. The smallest absolute Gasteiger partial charge is 0.319 e. The highest BCUT2D eigenvalue weighted by Gasteiger charge is 2.29. The number of carbonyl (C=O) groups excluding carboxylic acids is 1. The SMILES string of the molecule is Cc1nc(N2CCC(N(C)C(=O)N(C)C)CC2)c2c3c(sc2n1)CCCC3. The van der Waals surface area contributed by atoms with Crippen molar-refractivity contribution in [2.45, 2.75) is 51.5 Å². The lowest BCUT2D eigenvalue weighted by molar-refractivity contribution is 0.155. The molecule has 0 N–H and O–H groups in total. The van der Waals surface area contributed by atoms with Crippen LogP contribution in [-0.4, -0.2) is 66.1 Å². The zero-order valence-corrected chi connectivity index (χ0v) is 17.6. The van der Waals surface area contributed by atoms with Crippen LogP contribution < -0.4 is 4.90 Å². The molecule has 0 aromatic carbocycles. The van der Waals surface area contributed by atoms with Gasteiger partial charge in [0.2, 0.25) is 0 Å². The number of thiophene rings is 1. The first-order valence-corrected chi connectivity index (χ1v) is 10.8. The van der Waals surface area contributed by atoms with Gasteiger partial charge in [0.05, 0.1) is 5.39 Å². The third kappa shape index (κ3) is 3.37. The zero-order chi connectivity index (χ0) is 19.1. The van der Waals surface area contributed by atoms with Gasteiger partial charge in [0, 0.05) is 45.2 Å². The molecule has 2 amide bonds. The summed E-state index contributed by atoms with van der Waals surface area (Å²) >= 11 is 1.87. The first kappa shape index (κ1) is 18.5. The number of anilines is 1. The molecule has 2 aromatic heterocycles. The molecule has 27 heavy (non-hydrogen) atoms. The standard InChI is InChI=1S/C20H29N5OS/c1-13-21-18(17-15-7-5-6-8-16(15)27-19(17)22-13)25-11-9-14(10-12-25)24(4)20(26)23(2)3/h14H,5-12H2,1-4H3. The Hall–Kier alpha value is -1.89. The van der Waals surface area contributed by atoms with Crippen molar-refractivity contribution in [3.05, 3.63) is 16.3 Å². The fourth-order valence-corrected chi connectivity index (χ4v) is 5.71. The van der Waals surface area contributed by atoms with Crippen LogP contribution in [0.15, 0.2) is 0 Å². The van der Waals surface area contributed by atoms with E-state index in [4.69, 9.17) is 9.97 Å². The van der Waals surface area contributed by atoms with Gasteiger partial charge in [0.1, 0.15) is 16.5 Å². The van der Waals surface area contributed by atoms with Crippen LogP contribution in [0.5, 0.6) is 0 Å². The van der Waals surface area contributed by atoms with Gasteiger partial charge in [0.15, 0.2) is 0 Å². The van der Waals surface area contributed by atoms with E-state index in [1.807, 2.05) is 44.3 Å². The Labute approximate surface area is 165 Å². The fraction of sp³-hybridized carbons (Fsp3) is 0.650. The third-order valence-electron chi connectivity index (χ3n) is 5.90. The highest BCUT2D eigenvalue weighted by Crippen LogP contribution is 2.40. The molecule has 0 bridgehead atoms. The number of carbonyl (C=O) groups is 1. The van der Waals surface area contributed by atoms with Crippen molar-refractivity contribution < 1.29 is 4.79 Å². The summed E-state index contributed by atoms with van der Waals surface area (Å²) in [4.78, 5) is 30.5. The van der Waals surface area contributed by atoms with Gasteiger partial charge >= 0.3 is 6.03 Å². The minimum Gasteiger partial charge on any atom is -0.356 e. The zero-order valence-electron chi connectivity index (χ0n) is 16.8. The maximum Gasteiger partial charge on any atom is 0.319 e. The molecular weight excluding hydrogens is 358 g/mol. The maximum absolute atomic E-state index is 12.3. The van der Waals surface area contributed by atoms with Gasteiger partial charge in [-0.25, -0.2) is 14.8 Å². The van der Waals surface area contributed by atoms with E-state index in [-0.39, 0.29) is 6.03 Å². The number of piperidine rings is 1. The van der Waals surface area contributed by atoms with Crippen LogP contribution in [-0.2, 0) is 12.8 Å². The minimum atomic E-state index is 0.0839. The van der Waals surface area contributed by atoms with E-state index in [0.717, 1.165) is 48.8 Å². The van der Waals surface area contributed by atoms with Crippen molar-refractivity contribution in [2.24, 2.45) is 0 Å². The molecule has 2 aromatic rings. The van der Waals surface area contributed by atoms with Crippen LogP contribution >= 0.6 is 11.3 Å². The summed E-state index contributed by atoms with van der Waals surface area (Å²) in [5.74, 6) is 1.98. The van der Waals surface area contributed by atoms with Gasteiger partial charge in [-0.2, -0.15) is 0 Å². The lowest BCUT2D eigenvalue weighted by Gasteiger charge is -2.38. The van der Waals surface area contributed by atoms with E-state index in [9.17, 15) is 4.79 Å². The van der Waals surface area contributed by atoms with Crippen LogP contribution in [0.25, 0.3) is 10.2 Å². The molecule has 1 saturated heterocycles. The number of hydrogen-bond acceptors (Lipinski definition) is 5. The van der Waals surface area contributed by atoms with Crippen LogP contribution in [0.4, 0.5) is 10.6 Å². The molecule has 2 aliphatic rings. The van der Waals surface area contributed by atoms with Gasteiger partial charge < -0.3 is 14.7 Å². The van der Waals surface area contributed by atoms with Gasteiger partial charge in [-0.3, -0.25) is 0 Å². The first-order valence-electron chi connectivity index (χ1n) is 9.93. The van der Waals surface area contributed by atoms with Crippen LogP contribution in [0, 0.1) is 6.92 Å². The average molecular weight is 388 g/mol. The Morgan fingerprint density at radius 3 is 2.52 bits per heavy atom. The molecule has 1 fully saturated rings. The fourth-order valence-electron chi connectivity index (χ4n) is 4.41. The van der Waals surface area contributed by atoms with E-state index in [1.54, 1.807) is 4.90 Å². The number of aromatic nitrogens is 2. The molecule has 7 heteroatoms. The number of rotatable bonds is 2. The van der Waals surface area contributed by atoms with Crippen molar-refractivity contribution in [1.29, 1.82) is 0 Å². The lowest BCUT2D eigenvalue weighted by Crippen LogP contribution is -2.48. The molecular formula is C20H29N5OS. The van der Waals surface area contributed by atoms with E-state index in [1.165, 1.54) is 35.1 Å². The summed E-state index contributed by atoms with van der Waals surface area (Å²) in [6.07, 6.45) is 6.87. The maximum atomic E-state index is 12.3. The average Bonchev–Trinajstić information content (AvgIpc) is 3.04. The summed E-state index contributed by atoms with van der Waals surface area (Å²) in [7, 11) is 5.55. The second kappa shape index (κ2) is 7.26. The Bertz CT molecular complexity index is 854. The van der Waals surface area contributed by atoms with Crippen molar-refractivity contribution in [2.75, 3.05) is 39.1 Å². The van der Waals surface area contributed by atoms with Gasteiger partial charge in [-0.15, -0.1) is 11.3 Å². The quantitative estimate of drug-likeness (QED) is 0.792. The predicted octanol–water partition coefficient (Wildman–Crippen LogP) is 3.46. The van der Waals surface area contributed by atoms with Crippen molar-refractivity contribution in [3.8, 4) is 0 Å². The highest BCUT2D eigenvalue weighted by atomic mass is 32.1. The van der Waals surface area contributed by atoms with Gasteiger partial charge in [-0.05, 0) is 51.0 Å². The Morgan fingerprint density at radius 2 is 1.81 bits per heavy atom. The third-order valence-corrected chi connectivity index (χ3v) is 7.09. The molecule has 0 radical (unpaired) electrons. The number of hydrogen-bond donors (Lipinski definition) is 0. The van der Waals surface area contributed by atoms with E-state index < -0.39 is 0 Å². The van der Waals surface area contributed by atoms with Crippen LogP contribution in [0.2, 0.25) is 0 Å². The monoisotopic (exact) mass is 387 g/mol. The Kier molecular flexibility index (Phi) is 4.97. The molecule has 0 unspecified atom stereocenters.